The minimum absolute atomic E-state index is 0.259. The molecule has 1 fully saturated rings. The van der Waals surface area contributed by atoms with Crippen molar-refractivity contribution in [1.29, 1.82) is 0 Å². The highest BCUT2D eigenvalue weighted by Gasteiger charge is 2.23. The van der Waals surface area contributed by atoms with E-state index < -0.39 is 0 Å². The van der Waals surface area contributed by atoms with E-state index in [1.54, 1.807) is 0 Å². The molecule has 1 aromatic rings. The molecule has 0 heterocycles. The molecule has 0 bridgehead atoms. The number of hydrogen-bond donors (Lipinski definition) is 0. The first-order chi connectivity index (χ1) is 7.70. The average molecular weight is 255 g/mol. The maximum Gasteiger partial charge on any atom is 0.120 e. The summed E-state index contributed by atoms with van der Waals surface area (Å²) in [6.07, 6.45) is 4.14. The first kappa shape index (κ1) is 12.0. The Morgan fingerprint density at radius 2 is 2.31 bits per heavy atom. The first-order valence-electron chi connectivity index (χ1n) is 5.60. The Hall–Kier alpha value is -0.470. The largest absolute Gasteiger partial charge is 0.303 e. The normalized spacial score (nSPS) is 17.1. The summed E-state index contributed by atoms with van der Waals surface area (Å²) in [5.74, 6) is 0.259. The third-order valence-electron chi connectivity index (χ3n) is 2.79. The molecule has 0 N–H and O–H groups in total. The minimum atomic E-state index is 0.259. The van der Waals surface area contributed by atoms with Crippen LogP contribution in [0.4, 0.5) is 0 Å². The predicted molar refractivity (Wildman–Crippen MR) is 69.4 cm³/mol. The van der Waals surface area contributed by atoms with Crippen LogP contribution in [0.25, 0.3) is 0 Å². The van der Waals surface area contributed by atoms with Gasteiger partial charge in [-0.25, -0.2) is 0 Å². The summed E-state index contributed by atoms with van der Waals surface area (Å²) in [5.41, 5.74) is 1.15. The van der Waals surface area contributed by atoms with Crippen molar-refractivity contribution in [2.24, 2.45) is 0 Å². The number of aldehydes is 1. The summed E-state index contributed by atoms with van der Waals surface area (Å²) in [4.78, 5) is 11.6. The molecule has 1 nitrogen and oxygen atoms in total. The van der Waals surface area contributed by atoms with Gasteiger partial charge in [0.25, 0.3) is 0 Å². The molecule has 1 aliphatic carbocycles. The monoisotopic (exact) mass is 254 g/mol. The fraction of sp³-hybridized carbons (Fsp3) is 0.462. The summed E-state index contributed by atoms with van der Waals surface area (Å²) in [6, 6.07) is 6.17. The second-order valence-corrected chi connectivity index (χ2v) is 6.06. The molecule has 2 rings (SSSR count). The van der Waals surface area contributed by atoms with E-state index in [0.717, 1.165) is 22.1 Å². The van der Waals surface area contributed by atoms with Gasteiger partial charge in [-0.1, -0.05) is 24.6 Å². The summed E-state index contributed by atoms with van der Waals surface area (Å²) in [5, 5.41) is 1.60. The zero-order chi connectivity index (χ0) is 11.5. The van der Waals surface area contributed by atoms with Crippen LogP contribution >= 0.6 is 23.4 Å². The zero-order valence-electron chi connectivity index (χ0n) is 9.28. The molecule has 0 aromatic heterocycles. The van der Waals surface area contributed by atoms with E-state index in [1.807, 2.05) is 24.8 Å². The highest BCUT2D eigenvalue weighted by molar-refractivity contribution is 8.00. The van der Waals surface area contributed by atoms with Crippen LogP contribution in [-0.4, -0.2) is 11.5 Å². The molecule has 1 aliphatic rings. The van der Waals surface area contributed by atoms with Crippen LogP contribution in [0.15, 0.2) is 23.1 Å². The number of rotatable bonds is 5. The predicted octanol–water partition coefficient (Wildman–Crippen LogP) is 4.29. The standard InChI is InChI=1S/C13H15ClOS/c1-9(6-7-15)10-2-5-13(12(14)8-10)16-11-3-4-11/h2,5,7-9,11H,3-4,6H2,1H3. The molecule has 0 spiro atoms. The number of benzene rings is 1. The highest BCUT2D eigenvalue weighted by Crippen LogP contribution is 2.42. The zero-order valence-corrected chi connectivity index (χ0v) is 10.9. The van der Waals surface area contributed by atoms with Gasteiger partial charge in [0.2, 0.25) is 0 Å². The molecule has 1 aromatic carbocycles. The number of halogens is 1. The third kappa shape index (κ3) is 3.02. The van der Waals surface area contributed by atoms with Crippen LogP contribution in [0.2, 0.25) is 5.02 Å². The summed E-state index contributed by atoms with van der Waals surface area (Å²) in [7, 11) is 0. The average Bonchev–Trinajstić information content (AvgIpc) is 3.05. The van der Waals surface area contributed by atoms with Crippen molar-refractivity contribution < 1.29 is 4.79 Å². The van der Waals surface area contributed by atoms with Gasteiger partial charge in [-0.3, -0.25) is 0 Å². The number of hydrogen-bond acceptors (Lipinski definition) is 2. The molecule has 3 heteroatoms. The van der Waals surface area contributed by atoms with E-state index in [1.165, 1.54) is 17.7 Å². The van der Waals surface area contributed by atoms with Crippen LogP contribution in [0.3, 0.4) is 0 Å². The Bertz CT molecular complexity index is 388. The maximum atomic E-state index is 10.5. The molecule has 0 aliphatic heterocycles. The molecule has 16 heavy (non-hydrogen) atoms. The molecule has 1 atom stereocenters. The van der Waals surface area contributed by atoms with Crippen molar-refractivity contribution in [2.45, 2.75) is 42.2 Å². The van der Waals surface area contributed by atoms with Crippen molar-refractivity contribution >= 4 is 29.6 Å². The number of carbonyl (C=O) groups is 1. The SMILES string of the molecule is CC(CC=O)c1ccc(SC2CC2)c(Cl)c1. The van der Waals surface area contributed by atoms with Gasteiger partial charge in [-0.2, -0.15) is 0 Å². The number of carbonyl (C=O) groups excluding carboxylic acids is 1. The van der Waals surface area contributed by atoms with E-state index in [2.05, 4.69) is 12.1 Å². The lowest BCUT2D eigenvalue weighted by molar-refractivity contribution is -0.108. The summed E-state index contributed by atoms with van der Waals surface area (Å²) < 4.78 is 0. The maximum absolute atomic E-state index is 10.5. The lowest BCUT2D eigenvalue weighted by Crippen LogP contribution is -1.94. The second-order valence-electron chi connectivity index (χ2n) is 4.31. The van der Waals surface area contributed by atoms with Gasteiger partial charge in [0.05, 0.1) is 5.02 Å². The van der Waals surface area contributed by atoms with Gasteiger partial charge in [-0.15, -0.1) is 11.8 Å². The minimum Gasteiger partial charge on any atom is -0.303 e. The Kier molecular flexibility index (Phi) is 3.93. The van der Waals surface area contributed by atoms with E-state index in [0.29, 0.717) is 6.42 Å². The molecule has 0 radical (unpaired) electrons. The van der Waals surface area contributed by atoms with Crippen molar-refractivity contribution in [3.05, 3.63) is 28.8 Å². The van der Waals surface area contributed by atoms with Crippen LogP contribution in [0, 0.1) is 0 Å². The van der Waals surface area contributed by atoms with Crippen LogP contribution in [-0.2, 0) is 4.79 Å². The quantitative estimate of drug-likeness (QED) is 0.730. The topological polar surface area (TPSA) is 17.1 Å². The fourth-order valence-electron chi connectivity index (χ4n) is 1.57. The second kappa shape index (κ2) is 5.24. The molecule has 1 saturated carbocycles. The summed E-state index contributed by atoms with van der Waals surface area (Å²) in [6.45, 7) is 2.05. The first-order valence-corrected chi connectivity index (χ1v) is 6.86. The van der Waals surface area contributed by atoms with Gasteiger partial charge >= 0.3 is 0 Å². The van der Waals surface area contributed by atoms with Crippen molar-refractivity contribution in [1.82, 2.24) is 0 Å². The molecule has 0 saturated heterocycles. The number of thioether (sulfide) groups is 1. The molecular formula is C13H15ClOS. The van der Waals surface area contributed by atoms with E-state index in [4.69, 9.17) is 11.6 Å². The Labute approximate surface area is 106 Å². The third-order valence-corrected chi connectivity index (χ3v) is 4.63. The van der Waals surface area contributed by atoms with Crippen molar-refractivity contribution in [2.75, 3.05) is 0 Å². The van der Waals surface area contributed by atoms with Crippen LogP contribution in [0.1, 0.15) is 37.7 Å². The van der Waals surface area contributed by atoms with Crippen LogP contribution < -0.4 is 0 Å². The lowest BCUT2D eigenvalue weighted by atomic mass is 9.99. The lowest BCUT2D eigenvalue weighted by Gasteiger charge is -2.10. The molecular weight excluding hydrogens is 240 g/mol. The Morgan fingerprint density at radius 1 is 1.56 bits per heavy atom. The van der Waals surface area contributed by atoms with E-state index in [9.17, 15) is 4.79 Å². The van der Waals surface area contributed by atoms with E-state index >= 15 is 0 Å². The van der Waals surface area contributed by atoms with E-state index in [-0.39, 0.29) is 5.92 Å². The Morgan fingerprint density at radius 3 is 2.88 bits per heavy atom. The highest BCUT2D eigenvalue weighted by atomic mass is 35.5. The van der Waals surface area contributed by atoms with Gasteiger partial charge in [-0.05, 0) is 36.5 Å². The smallest absolute Gasteiger partial charge is 0.120 e. The summed E-state index contributed by atoms with van der Waals surface area (Å²) >= 11 is 8.10. The Balaban J connectivity index is 2.10. The van der Waals surface area contributed by atoms with Crippen LogP contribution in [0.5, 0.6) is 0 Å². The van der Waals surface area contributed by atoms with Gasteiger partial charge in [0.1, 0.15) is 6.29 Å². The van der Waals surface area contributed by atoms with Crippen molar-refractivity contribution in [3.8, 4) is 0 Å². The molecule has 1 unspecified atom stereocenters. The van der Waals surface area contributed by atoms with Gasteiger partial charge in [0.15, 0.2) is 0 Å². The molecule has 86 valence electrons. The van der Waals surface area contributed by atoms with Crippen molar-refractivity contribution in [3.63, 3.8) is 0 Å². The molecule has 0 amide bonds. The van der Waals surface area contributed by atoms with Gasteiger partial charge < -0.3 is 4.79 Å². The fourth-order valence-corrected chi connectivity index (χ4v) is 2.94. The van der Waals surface area contributed by atoms with Gasteiger partial charge in [0, 0.05) is 16.6 Å².